The SMILES string of the molecule is CCN(CCNC(=O)C(CCCCNC(=O)OC(C)(C)C)NC(=O)CC(=O)OC(C)(C)C)C(=O)Oc1ccc2c3c1OC1C(=O)CCC4C(C2)N(C)CCC314. The second kappa shape index (κ2) is 16.8. The first-order valence-corrected chi connectivity index (χ1v) is 19.6. The van der Waals surface area contributed by atoms with Crippen LogP contribution in [-0.2, 0) is 40.5 Å². The molecule has 2 fully saturated rings. The minimum Gasteiger partial charge on any atom is -0.477 e. The molecule has 4 amide bonds. The molecule has 5 atom stereocenters. The molecule has 15 heteroatoms. The number of carbonyl (C=O) groups excluding carboxylic acids is 6. The number of benzene rings is 1. The van der Waals surface area contributed by atoms with E-state index < -0.39 is 65.2 Å². The average Bonchev–Trinajstić information content (AvgIpc) is 3.43. The molecule has 15 nitrogen and oxygen atoms in total. The Morgan fingerprint density at radius 3 is 2.44 bits per heavy atom. The third-order valence-electron chi connectivity index (χ3n) is 10.9. The summed E-state index contributed by atoms with van der Waals surface area (Å²) < 4.78 is 22.9. The monoisotopic (exact) mass is 769 g/mol. The number of esters is 1. The van der Waals surface area contributed by atoms with Crippen LogP contribution in [0.3, 0.4) is 0 Å². The number of alkyl carbamates (subject to hydrolysis) is 1. The summed E-state index contributed by atoms with van der Waals surface area (Å²) >= 11 is 0. The van der Waals surface area contributed by atoms with Crippen LogP contribution < -0.4 is 25.4 Å². The molecule has 4 aliphatic rings. The molecule has 2 bridgehead atoms. The van der Waals surface area contributed by atoms with E-state index in [-0.39, 0.29) is 37.6 Å². The minimum absolute atomic E-state index is 0.0597. The maximum Gasteiger partial charge on any atom is 0.415 e. The zero-order valence-corrected chi connectivity index (χ0v) is 33.6. The summed E-state index contributed by atoms with van der Waals surface area (Å²) in [6.07, 6.45) is 1.86. The molecule has 2 aliphatic carbocycles. The number of piperidine rings is 1. The maximum absolute atomic E-state index is 13.5. The molecular formula is C40H59N5O10. The molecule has 0 aromatic heterocycles. The lowest BCUT2D eigenvalue weighted by molar-refractivity contribution is -0.156. The molecule has 3 N–H and O–H groups in total. The fraction of sp³-hybridized carbons (Fsp3) is 0.700. The molecular weight excluding hydrogens is 710 g/mol. The molecule has 2 heterocycles. The van der Waals surface area contributed by atoms with Gasteiger partial charge in [0, 0.05) is 49.6 Å². The number of nitrogens with one attached hydrogen (secondary N) is 3. The fourth-order valence-electron chi connectivity index (χ4n) is 8.57. The van der Waals surface area contributed by atoms with Crippen LogP contribution in [0.25, 0.3) is 0 Å². The number of nitrogens with zero attached hydrogens (tertiary/aromatic N) is 2. The number of Topliss-reactive ketones (excluding diaryl/α,β-unsaturated/α-hetero) is 1. The van der Waals surface area contributed by atoms with Crippen LogP contribution in [0.5, 0.6) is 11.5 Å². The molecule has 304 valence electrons. The Hall–Kier alpha value is -4.40. The van der Waals surface area contributed by atoms with Crippen molar-refractivity contribution in [3.8, 4) is 11.5 Å². The first kappa shape index (κ1) is 41.8. The quantitative estimate of drug-likeness (QED) is 0.142. The Labute approximate surface area is 323 Å². The predicted octanol–water partition coefficient (Wildman–Crippen LogP) is 3.77. The minimum atomic E-state index is -0.982. The molecule has 5 unspecified atom stereocenters. The second-order valence-electron chi connectivity index (χ2n) is 17.1. The average molecular weight is 770 g/mol. The number of amides is 4. The number of likely N-dealkylation sites (tertiary alicyclic amines) is 1. The van der Waals surface area contributed by atoms with Crippen molar-refractivity contribution in [3.63, 3.8) is 0 Å². The van der Waals surface area contributed by atoms with E-state index >= 15 is 0 Å². The first-order valence-electron chi connectivity index (χ1n) is 19.6. The van der Waals surface area contributed by atoms with Gasteiger partial charge >= 0.3 is 18.2 Å². The molecule has 2 aliphatic heterocycles. The third-order valence-corrected chi connectivity index (χ3v) is 10.9. The number of unbranched alkanes of at least 4 members (excludes halogenated alkanes) is 1. The second-order valence-corrected chi connectivity index (χ2v) is 17.1. The Balaban J connectivity index is 1.18. The van der Waals surface area contributed by atoms with E-state index in [1.807, 2.05) is 6.07 Å². The van der Waals surface area contributed by atoms with Crippen LogP contribution in [-0.4, -0.2) is 115 Å². The Morgan fingerprint density at radius 1 is 1.02 bits per heavy atom. The molecule has 1 aromatic carbocycles. The van der Waals surface area contributed by atoms with Gasteiger partial charge in [-0.3, -0.25) is 19.2 Å². The van der Waals surface area contributed by atoms with Crippen LogP contribution in [0.4, 0.5) is 9.59 Å². The van der Waals surface area contributed by atoms with Crippen molar-refractivity contribution < 1.29 is 47.7 Å². The van der Waals surface area contributed by atoms with Gasteiger partial charge in [-0.15, -0.1) is 0 Å². The van der Waals surface area contributed by atoms with Gasteiger partial charge in [0.1, 0.15) is 23.7 Å². The number of likely N-dealkylation sites (N-methyl/N-ethyl adjacent to an activating group) is 2. The third kappa shape index (κ3) is 9.71. The van der Waals surface area contributed by atoms with Gasteiger partial charge in [-0.1, -0.05) is 6.07 Å². The van der Waals surface area contributed by atoms with Crippen molar-refractivity contribution >= 4 is 35.8 Å². The Kier molecular flexibility index (Phi) is 12.7. The van der Waals surface area contributed by atoms with E-state index in [0.29, 0.717) is 43.5 Å². The summed E-state index contributed by atoms with van der Waals surface area (Å²) in [6, 6.07) is 3.11. The van der Waals surface area contributed by atoms with Crippen LogP contribution >= 0.6 is 0 Å². The summed E-state index contributed by atoms with van der Waals surface area (Å²) in [6.45, 7) is 13.8. The molecule has 1 spiro atoms. The zero-order valence-electron chi connectivity index (χ0n) is 33.6. The van der Waals surface area contributed by atoms with E-state index in [9.17, 15) is 28.8 Å². The van der Waals surface area contributed by atoms with Gasteiger partial charge in [-0.25, -0.2) is 9.59 Å². The van der Waals surface area contributed by atoms with E-state index in [2.05, 4.69) is 27.9 Å². The molecule has 5 rings (SSSR count). The first-order chi connectivity index (χ1) is 25.8. The van der Waals surface area contributed by atoms with Crippen LogP contribution in [0, 0.1) is 5.92 Å². The van der Waals surface area contributed by atoms with Crippen molar-refractivity contribution in [2.45, 2.75) is 135 Å². The van der Waals surface area contributed by atoms with Gasteiger partial charge < -0.3 is 44.7 Å². The van der Waals surface area contributed by atoms with Crippen molar-refractivity contribution in [1.29, 1.82) is 0 Å². The molecule has 1 aromatic rings. The van der Waals surface area contributed by atoms with Gasteiger partial charge in [-0.05, 0) is 118 Å². The summed E-state index contributed by atoms with van der Waals surface area (Å²) in [7, 11) is 2.15. The fourth-order valence-corrected chi connectivity index (χ4v) is 8.57. The van der Waals surface area contributed by atoms with E-state index in [1.54, 1.807) is 54.5 Å². The highest BCUT2D eigenvalue weighted by atomic mass is 16.6. The number of carbonyl (C=O) groups is 6. The van der Waals surface area contributed by atoms with Crippen molar-refractivity contribution in [2.24, 2.45) is 5.92 Å². The van der Waals surface area contributed by atoms with Gasteiger partial charge in [0.05, 0.1) is 0 Å². The van der Waals surface area contributed by atoms with Crippen LogP contribution in [0.1, 0.15) is 105 Å². The lowest BCUT2D eigenvalue weighted by Gasteiger charge is -2.57. The molecule has 0 radical (unpaired) electrons. The summed E-state index contributed by atoms with van der Waals surface area (Å²) in [5, 5.41) is 8.11. The number of ketones is 1. The zero-order chi connectivity index (χ0) is 40.3. The lowest BCUT2D eigenvalue weighted by atomic mass is 9.52. The summed E-state index contributed by atoms with van der Waals surface area (Å²) in [5.74, 6) is -0.694. The van der Waals surface area contributed by atoms with Gasteiger partial charge in [0.15, 0.2) is 23.4 Å². The number of hydrogen-bond acceptors (Lipinski definition) is 11. The van der Waals surface area contributed by atoms with E-state index in [4.69, 9.17) is 18.9 Å². The highest BCUT2D eigenvalue weighted by molar-refractivity contribution is 5.97. The van der Waals surface area contributed by atoms with Crippen molar-refractivity contribution in [1.82, 2.24) is 25.8 Å². The molecule has 55 heavy (non-hydrogen) atoms. The van der Waals surface area contributed by atoms with Gasteiger partial charge in [0.25, 0.3) is 0 Å². The maximum atomic E-state index is 13.5. The number of hydrogen-bond donors (Lipinski definition) is 3. The molecule has 1 saturated heterocycles. The highest BCUT2D eigenvalue weighted by Crippen LogP contribution is 2.63. The van der Waals surface area contributed by atoms with E-state index in [1.165, 1.54) is 4.90 Å². The van der Waals surface area contributed by atoms with Gasteiger partial charge in [0.2, 0.25) is 11.8 Å². The largest absolute Gasteiger partial charge is 0.477 e. The number of rotatable bonds is 14. The smallest absolute Gasteiger partial charge is 0.415 e. The van der Waals surface area contributed by atoms with Crippen molar-refractivity contribution in [2.75, 3.05) is 39.8 Å². The molecule has 1 saturated carbocycles. The van der Waals surface area contributed by atoms with Crippen LogP contribution in [0.2, 0.25) is 0 Å². The summed E-state index contributed by atoms with van der Waals surface area (Å²) in [5.41, 5.74) is 0.356. The standard InChI is InChI=1S/C40H59N5O10/c1-9-45(37(51)52-29-16-13-24-22-27-25-14-15-28(46)34-40(25,17-20-44(27)8)32(24)33(29)53-34)21-19-41-35(49)26(43-30(47)23-31(48)54-38(2,3)4)12-10-11-18-42-36(50)55-39(5,6)7/h13,16,25-27,34H,9-12,14-15,17-23H2,1-8H3,(H,41,49)(H,42,50)(H,43,47). The number of ether oxygens (including phenoxy) is 4. The van der Waals surface area contributed by atoms with Crippen LogP contribution in [0.15, 0.2) is 12.1 Å². The topological polar surface area (TPSA) is 182 Å². The normalized spacial score (nSPS) is 23.1. The Morgan fingerprint density at radius 2 is 1.75 bits per heavy atom. The Bertz CT molecular complexity index is 1650. The highest BCUT2D eigenvalue weighted by Gasteiger charge is 2.65. The van der Waals surface area contributed by atoms with Crippen molar-refractivity contribution in [3.05, 3.63) is 23.3 Å². The van der Waals surface area contributed by atoms with Gasteiger partial charge in [-0.2, -0.15) is 0 Å². The predicted molar refractivity (Wildman–Crippen MR) is 202 cm³/mol. The van der Waals surface area contributed by atoms with E-state index in [0.717, 1.165) is 36.9 Å². The lowest BCUT2D eigenvalue weighted by Crippen LogP contribution is -2.65. The summed E-state index contributed by atoms with van der Waals surface area (Å²) in [4.78, 5) is 81.1.